The van der Waals surface area contributed by atoms with Gasteiger partial charge in [0, 0.05) is 6.04 Å². The Bertz CT molecular complexity index is 70.8. The molecule has 1 radical (unpaired) electrons. The van der Waals surface area contributed by atoms with Crippen LogP contribution in [0.25, 0.3) is 0 Å². The zero-order valence-electron chi connectivity index (χ0n) is 5.56. The average Bonchev–Trinajstić information content (AvgIpc) is 2.14. The van der Waals surface area contributed by atoms with Gasteiger partial charge >= 0.3 is 0 Å². The van der Waals surface area contributed by atoms with Crippen molar-refractivity contribution in [2.24, 2.45) is 0 Å². The second-order valence-electron chi connectivity index (χ2n) is 2.53. The summed E-state index contributed by atoms with van der Waals surface area (Å²) in [6.45, 7) is 8.38. The summed E-state index contributed by atoms with van der Waals surface area (Å²) in [5.41, 5.74) is 0. The Hall–Kier alpha value is -0.0400. The zero-order valence-corrected chi connectivity index (χ0v) is 5.56. The first-order chi connectivity index (χ1) is 3.84. The molecule has 0 unspecified atom stereocenters. The van der Waals surface area contributed by atoms with Crippen molar-refractivity contribution >= 4 is 0 Å². The van der Waals surface area contributed by atoms with Crippen LogP contribution in [0, 0.1) is 6.92 Å². The maximum Gasteiger partial charge on any atom is 0.00674 e. The minimum Gasteiger partial charge on any atom is -0.301 e. The highest BCUT2D eigenvalue weighted by Crippen LogP contribution is 2.14. The summed E-state index contributed by atoms with van der Waals surface area (Å²) in [6.07, 6.45) is 2.74. The maximum absolute atomic E-state index is 3.84. The van der Waals surface area contributed by atoms with Crippen molar-refractivity contribution in [2.75, 3.05) is 13.1 Å². The Labute approximate surface area is 51.7 Å². The van der Waals surface area contributed by atoms with Gasteiger partial charge in [-0.3, -0.25) is 0 Å². The third-order valence-corrected chi connectivity index (χ3v) is 1.98. The van der Waals surface area contributed by atoms with Gasteiger partial charge in [0.2, 0.25) is 0 Å². The van der Waals surface area contributed by atoms with Crippen LogP contribution in [0.3, 0.4) is 0 Å². The monoisotopic (exact) mass is 112 g/mol. The molecule has 1 nitrogen and oxygen atoms in total. The van der Waals surface area contributed by atoms with Gasteiger partial charge in [-0.25, -0.2) is 0 Å². The van der Waals surface area contributed by atoms with Crippen LogP contribution in [0.15, 0.2) is 0 Å². The minimum atomic E-state index is 0.799. The molecule has 0 aromatic carbocycles. The number of likely N-dealkylation sites (tertiary alicyclic amines) is 1. The molecule has 1 aliphatic heterocycles. The van der Waals surface area contributed by atoms with Crippen molar-refractivity contribution in [3.8, 4) is 0 Å². The Morgan fingerprint density at radius 1 is 1.75 bits per heavy atom. The smallest absolute Gasteiger partial charge is 0.00674 e. The summed E-state index contributed by atoms with van der Waals surface area (Å²) in [5, 5.41) is 0. The van der Waals surface area contributed by atoms with Crippen molar-refractivity contribution in [2.45, 2.75) is 25.8 Å². The molecule has 0 N–H and O–H groups in total. The first kappa shape index (κ1) is 6.09. The van der Waals surface area contributed by atoms with Crippen molar-refractivity contribution in [1.29, 1.82) is 0 Å². The van der Waals surface area contributed by atoms with E-state index < -0.39 is 0 Å². The van der Waals surface area contributed by atoms with Gasteiger partial charge in [0.25, 0.3) is 0 Å². The van der Waals surface area contributed by atoms with Crippen molar-refractivity contribution < 1.29 is 0 Å². The normalized spacial score (nSPS) is 31.5. The largest absolute Gasteiger partial charge is 0.301 e. The van der Waals surface area contributed by atoms with E-state index >= 15 is 0 Å². The number of rotatable bonds is 1. The molecular weight excluding hydrogens is 98.1 g/mol. The predicted octanol–water partition coefficient (Wildman–Crippen LogP) is 1.30. The third-order valence-electron chi connectivity index (χ3n) is 1.98. The van der Waals surface area contributed by atoms with Gasteiger partial charge in [0.1, 0.15) is 0 Å². The molecule has 0 bridgehead atoms. The second-order valence-corrected chi connectivity index (χ2v) is 2.53. The van der Waals surface area contributed by atoms with Crippen LogP contribution < -0.4 is 0 Å². The summed E-state index contributed by atoms with van der Waals surface area (Å²) in [5.74, 6) is 0. The Morgan fingerprint density at radius 2 is 2.50 bits per heavy atom. The molecule has 1 heterocycles. The zero-order chi connectivity index (χ0) is 5.98. The summed E-state index contributed by atoms with van der Waals surface area (Å²) in [4.78, 5) is 2.42. The fourth-order valence-electron chi connectivity index (χ4n) is 1.32. The van der Waals surface area contributed by atoms with E-state index in [0.717, 1.165) is 12.6 Å². The predicted molar refractivity (Wildman–Crippen MR) is 35.6 cm³/mol. The quantitative estimate of drug-likeness (QED) is 0.494. The molecule has 0 aromatic heterocycles. The molecule has 0 saturated carbocycles. The van der Waals surface area contributed by atoms with Gasteiger partial charge in [0.15, 0.2) is 0 Å². The summed E-state index contributed by atoms with van der Waals surface area (Å²) < 4.78 is 0. The fraction of sp³-hybridized carbons (Fsp3) is 0.857. The molecule has 0 spiro atoms. The molecule has 8 heavy (non-hydrogen) atoms. The highest BCUT2D eigenvalue weighted by Gasteiger charge is 2.17. The van der Waals surface area contributed by atoms with E-state index in [-0.39, 0.29) is 0 Å². The lowest BCUT2D eigenvalue weighted by molar-refractivity contribution is 0.297. The number of nitrogens with zero attached hydrogens (tertiary/aromatic N) is 1. The molecule has 1 aliphatic rings. The topological polar surface area (TPSA) is 3.24 Å². The van der Waals surface area contributed by atoms with Crippen molar-refractivity contribution in [3.63, 3.8) is 0 Å². The first-order valence-electron chi connectivity index (χ1n) is 3.38. The lowest BCUT2D eigenvalue weighted by atomic mass is 10.2. The minimum absolute atomic E-state index is 0.799. The van der Waals surface area contributed by atoms with Crippen LogP contribution in [0.4, 0.5) is 0 Å². The van der Waals surface area contributed by atoms with Crippen LogP contribution in [-0.4, -0.2) is 24.0 Å². The molecule has 1 fully saturated rings. The van der Waals surface area contributed by atoms with Crippen LogP contribution in [-0.2, 0) is 0 Å². The molecule has 47 valence electrons. The van der Waals surface area contributed by atoms with Crippen molar-refractivity contribution in [1.82, 2.24) is 4.90 Å². The summed E-state index contributed by atoms with van der Waals surface area (Å²) in [6, 6.07) is 0.799. The molecule has 1 atom stereocenters. The third kappa shape index (κ3) is 1.03. The van der Waals surface area contributed by atoms with Crippen LogP contribution in [0.5, 0.6) is 0 Å². The van der Waals surface area contributed by atoms with Crippen LogP contribution in [0.1, 0.15) is 19.8 Å². The lowest BCUT2D eigenvalue weighted by Gasteiger charge is -2.17. The van der Waals surface area contributed by atoms with E-state index in [2.05, 4.69) is 18.7 Å². The van der Waals surface area contributed by atoms with Crippen molar-refractivity contribution in [3.05, 3.63) is 6.92 Å². The van der Waals surface area contributed by atoms with Gasteiger partial charge < -0.3 is 4.90 Å². The van der Waals surface area contributed by atoms with E-state index in [4.69, 9.17) is 0 Å². The van der Waals surface area contributed by atoms with E-state index in [1.54, 1.807) is 0 Å². The molecule has 1 heteroatoms. The van der Waals surface area contributed by atoms with Gasteiger partial charge in [-0.1, -0.05) is 0 Å². The Kier molecular flexibility index (Phi) is 1.90. The molecule has 0 aromatic rings. The number of hydrogen-bond acceptors (Lipinski definition) is 1. The van der Waals surface area contributed by atoms with E-state index in [1.807, 2.05) is 0 Å². The maximum atomic E-state index is 3.84. The summed E-state index contributed by atoms with van der Waals surface area (Å²) in [7, 11) is 0. The van der Waals surface area contributed by atoms with E-state index in [1.165, 1.54) is 19.4 Å². The Balaban J connectivity index is 2.30. The Morgan fingerprint density at radius 3 is 2.75 bits per heavy atom. The average molecular weight is 112 g/mol. The molecular formula is C7H14N. The van der Waals surface area contributed by atoms with Crippen LogP contribution >= 0.6 is 0 Å². The lowest BCUT2D eigenvalue weighted by Crippen LogP contribution is -2.26. The van der Waals surface area contributed by atoms with Gasteiger partial charge in [0.05, 0.1) is 0 Å². The second kappa shape index (κ2) is 2.49. The van der Waals surface area contributed by atoms with E-state index in [9.17, 15) is 0 Å². The SMILES string of the molecule is [CH2]CN1CCC[C@@H]1C. The first-order valence-corrected chi connectivity index (χ1v) is 3.38. The standard InChI is InChI=1S/C7H14N/c1-3-8-6-4-5-7(8)2/h7H,1,3-6H2,2H3/t7-/m0/s1. The molecule has 0 aliphatic carbocycles. The van der Waals surface area contributed by atoms with E-state index in [0.29, 0.717) is 0 Å². The fourth-order valence-corrected chi connectivity index (χ4v) is 1.32. The molecule has 1 saturated heterocycles. The van der Waals surface area contributed by atoms with Crippen LogP contribution in [0.2, 0.25) is 0 Å². The van der Waals surface area contributed by atoms with Gasteiger partial charge in [-0.05, 0) is 39.8 Å². The highest BCUT2D eigenvalue weighted by molar-refractivity contribution is 4.74. The molecule has 0 amide bonds. The number of hydrogen-bond donors (Lipinski definition) is 0. The van der Waals surface area contributed by atoms with Gasteiger partial charge in [-0.15, -0.1) is 0 Å². The molecule has 1 rings (SSSR count). The summed E-state index contributed by atoms with van der Waals surface area (Å²) >= 11 is 0. The highest BCUT2D eigenvalue weighted by atomic mass is 15.2. The van der Waals surface area contributed by atoms with Gasteiger partial charge in [-0.2, -0.15) is 0 Å².